The maximum Gasteiger partial charge on any atom is 0.407 e. The summed E-state index contributed by atoms with van der Waals surface area (Å²) in [5, 5.41) is 2.79. The van der Waals surface area contributed by atoms with Crippen LogP contribution in [0, 0.1) is 5.82 Å². The van der Waals surface area contributed by atoms with E-state index < -0.39 is 11.7 Å². The number of amides is 1. The number of carbonyl (C=O) groups is 1. The third-order valence-corrected chi connectivity index (χ3v) is 3.96. The molecule has 0 saturated heterocycles. The Balaban J connectivity index is 1.84. The number of halogens is 1. The van der Waals surface area contributed by atoms with Gasteiger partial charge in [-0.15, -0.1) is 0 Å². The van der Waals surface area contributed by atoms with Gasteiger partial charge in [-0.3, -0.25) is 0 Å². The van der Waals surface area contributed by atoms with Crippen molar-refractivity contribution < 1.29 is 18.7 Å². The Morgan fingerprint density at radius 2 is 2.00 bits per heavy atom. The molecule has 132 valence electrons. The molecule has 0 saturated carbocycles. The number of hydrogen-bond donors (Lipinski definition) is 1. The van der Waals surface area contributed by atoms with E-state index in [0.717, 1.165) is 16.9 Å². The highest BCUT2D eigenvalue weighted by atomic mass is 19.1. The first-order valence-electron chi connectivity index (χ1n) is 8.34. The number of ether oxygens (including phenoxy) is 2. The van der Waals surface area contributed by atoms with Gasteiger partial charge in [0.2, 0.25) is 0 Å². The van der Waals surface area contributed by atoms with E-state index in [-0.39, 0.29) is 11.7 Å². The first-order chi connectivity index (χ1) is 11.8. The predicted octanol–water partition coefficient (Wildman–Crippen LogP) is 4.78. The molecule has 2 aromatic carbocycles. The molecule has 0 spiro atoms. The fourth-order valence-electron chi connectivity index (χ4n) is 2.90. The molecule has 1 atom stereocenters. The summed E-state index contributed by atoms with van der Waals surface area (Å²) < 4.78 is 25.0. The molecule has 1 amide bonds. The van der Waals surface area contributed by atoms with Crippen LogP contribution < -0.4 is 10.1 Å². The number of para-hydroxylation sites is 1. The summed E-state index contributed by atoms with van der Waals surface area (Å²) in [6.45, 7) is 5.77. The molecule has 0 radical (unpaired) electrons. The Kier molecular flexibility index (Phi) is 4.66. The summed E-state index contributed by atoms with van der Waals surface area (Å²) in [4.78, 5) is 12.0. The van der Waals surface area contributed by atoms with Crippen molar-refractivity contribution in [3.8, 4) is 11.5 Å². The first-order valence-corrected chi connectivity index (χ1v) is 8.34. The van der Waals surface area contributed by atoms with Crippen molar-refractivity contribution in [1.29, 1.82) is 0 Å². The van der Waals surface area contributed by atoms with Crippen LogP contribution in [0.4, 0.5) is 9.18 Å². The van der Waals surface area contributed by atoms with Crippen molar-refractivity contribution in [3.63, 3.8) is 0 Å². The largest absolute Gasteiger partial charge is 0.457 e. The molecule has 0 fully saturated rings. The van der Waals surface area contributed by atoms with E-state index in [0.29, 0.717) is 18.7 Å². The van der Waals surface area contributed by atoms with Crippen molar-refractivity contribution in [2.24, 2.45) is 0 Å². The SMILES string of the molecule is CC(C)(C)OC(=O)NCC1Cc2ccccc2Oc2ccc(F)cc21. The predicted molar refractivity (Wildman–Crippen MR) is 93.6 cm³/mol. The molecule has 0 aromatic heterocycles. The number of alkyl carbamates (subject to hydrolysis) is 1. The lowest BCUT2D eigenvalue weighted by atomic mass is 9.92. The molecule has 1 N–H and O–H groups in total. The summed E-state index contributed by atoms with van der Waals surface area (Å²) in [7, 11) is 0. The lowest BCUT2D eigenvalue weighted by molar-refractivity contribution is 0.0524. The monoisotopic (exact) mass is 343 g/mol. The Labute approximate surface area is 147 Å². The molecule has 0 bridgehead atoms. The van der Waals surface area contributed by atoms with Gasteiger partial charge in [-0.1, -0.05) is 18.2 Å². The van der Waals surface area contributed by atoms with E-state index in [4.69, 9.17) is 9.47 Å². The van der Waals surface area contributed by atoms with Crippen molar-refractivity contribution in [2.75, 3.05) is 6.54 Å². The summed E-state index contributed by atoms with van der Waals surface area (Å²) in [5.41, 5.74) is 1.20. The molecule has 0 aliphatic carbocycles. The summed E-state index contributed by atoms with van der Waals surface area (Å²) in [5.74, 6) is 0.940. The van der Waals surface area contributed by atoms with Gasteiger partial charge in [-0.25, -0.2) is 9.18 Å². The number of benzene rings is 2. The fraction of sp³-hybridized carbons (Fsp3) is 0.350. The molecule has 3 rings (SSSR count). The molecule has 4 nitrogen and oxygen atoms in total. The van der Waals surface area contributed by atoms with E-state index >= 15 is 0 Å². The second-order valence-electron chi connectivity index (χ2n) is 7.18. The van der Waals surface area contributed by atoms with Crippen molar-refractivity contribution in [1.82, 2.24) is 5.32 Å². The molecular weight excluding hydrogens is 321 g/mol. The van der Waals surface area contributed by atoms with Crippen LogP contribution in [0.1, 0.15) is 37.8 Å². The minimum absolute atomic E-state index is 0.109. The van der Waals surface area contributed by atoms with E-state index in [1.807, 2.05) is 45.0 Å². The topological polar surface area (TPSA) is 47.6 Å². The van der Waals surface area contributed by atoms with E-state index in [1.165, 1.54) is 12.1 Å². The quantitative estimate of drug-likeness (QED) is 0.853. The molecule has 2 aromatic rings. The van der Waals surface area contributed by atoms with Crippen LogP contribution in [0.25, 0.3) is 0 Å². The average molecular weight is 343 g/mol. The zero-order valence-corrected chi connectivity index (χ0v) is 14.6. The maximum absolute atomic E-state index is 13.8. The average Bonchev–Trinajstić information content (AvgIpc) is 2.67. The van der Waals surface area contributed by atoms with Crippen molar-refractivity contribution in [3.05, 3.63) is 59.4 Å². The third kappa shape index (κ3) is 4.29. The summed E-state index contributed by atoms with van der Waals surface area (Å²) in [6, 6.07) is 12.2. The van der Waals surface area contributed by atoms with Crippen LogP contribution in [0.15, 0.2) is 42.5 Å². The first kappa shape index (κ1) is 17.3. The van der Waals surface area contributed by atoms with Gasteiger partial charge in [0.25, 0.3) is 0 Å². The lowest BCUT2D eigenvalue weighted by Gasteiger charge is -2.22. The molecular formula is C20H22FNO3. The third-order valence-electron chi connectivity index (χ3n) is 3.96. The van der Waals surface area contributed by atoms with Crippen LogP contribution in [0.5, 0.6) is 11.5 Å². The van der Waals surface area contributed by atoms with Crippen LogP contribution in [-0.2, 0) is 11.2 Å². The minimum atomic E-state index is -0.562. The number of hydrogen-bond acceptors (Lipinski definition) is 3. The van der Waals surface area contributed by atoms with Crippen LogP contribution in [0.3, 0.4) is 0 Å². The highest BCUT2D eigenvalue weighted by Gasteiger charge is 2.25. The number of rotatable bonds is 2. The smallest absolute Gasteiger partial charge is 0.407 e. The molecule has 1 unspecified atom stereocenters. The second kappa shape index (κ2) is 6.75. The summed E-state index contributed by atoms with van der Waals surface area (Å²) >= 11 is 0. The Morgan fingerprint density at radius 3 is 2.76 bits per heavy atom. The molecule has 1 aliphatic heterocycles. The van der Waals surface area contributed by atoms with Gasteiger partial charge < -0.3 is 14.8 Å². The number of carbonyl (C=O) groups excluding carboxylic acids is 1. The van der Waals surface area contributed by atoms with Crippen LogP contribution in [0.2, 0.25) is 0 Å². The standard InChI is InChI=1S/C20H22FNO3/c1-20(2,3)25-19(23)22-12-14-10-13-6-4-5-7-17(13)24-18-9-8-15(21)11-16(14)18/h4-9,11,14H,10,12H2,1-3H3,(H,22,23). The molecule has 5 heteroatoms. The van der Waals surface area contributed by atoms with Gasteiger partial charge in [0.15, 0.2) is 0 Å². The zero-order chi connectivity index (χ0) is 18.0. The highest BCUT2D eigenvalue weighted by Crippen LogP contribution is 2.39. The van der Waals surface area contributed by atoms with Gasteiger partial charge in [-0.05, 0) is 57.0 Å². The maximum atomic E-state index is 13.8. The van der Waals surface area contributed by atoms with Crippen molar-refractivity contribution in [2.45, 2.75) is 38.7 Å². The van der Waals surface area contributed by atoms with E-state index in [2.05, 4.69) is 5.32 Å². The van der Waals surface area contributed by atoms with E-state index in [9.17, 15) is 9.18 Å². The molecule has 1 heterocycles. The Morgan fingerprint density at radius 1 is 1.24 bits per heavy atom. The lowest BCUT2D eigenvalue weighted by Crippen LogP contribution is -2.35. The molecule has 25 heavy (non-hydrogen) atoms. The molecule has 1 aliphatic rings. The fourth-order valence-corrected chi connectivity index (χ4v) is 2.90. The van der Waals surface area contributed by atoms with Gasteiger partial charge in [0.1, 0.15) is 22.9 Å². The van der Waals surface area contributed by atoms with Gasteiger partial charge in [0.05, 0.1) is 0 Å². The number of nitrogens with one attached hydrogen (secondary N) is 1. The van der Waals surface area contributed by atoms with E-state index in [1.54, 1.807) is 6.07 Å². The number of fused-ring (bicyclic) bond motifs is 2. The van der Waals surface area contributed by atoms with Gasteiger partial charge in [-0.2, -0.15) is 0 Å². The Bertz CT molecular complexity index is 783. The Hall–Kier alpha value is -2.56. The summed E-state index contributed by atoms with van der Waals surface area (Å²) in [6.07, 6.45) is 0.159. The minimum Gasteiger partial charge on any atom is -0.457 e. The highest BCUT2D eigenvalue weighted by molar-refractivity contribution is 5.67. The van der Waals surface area contributed by atoms with Gasteiger partial charge >= 0.3 is 6.09 Å². The van der Waals surface area contributed by atoms with Crippen LogP contribution in [-0.4, -0.2) is 18.2 Å². The van der Waals surface area contributed by atoms with Crippen LogP contribution >= 0.6 is 0 Å². The van der Waals surface area contributed by atoms with Crippen molar-refractivity contribution >= 4 is 6.09 Å². The second-order valence-corrected chi connectivity index (χ2v) is 7.18. The zero-order valence-electron chi connectivity index (χ0n) is 14.6. The normalized spacial score (nSPS) is 16.1. The van der Waals surface area contributed by atoms with Gasteiger partial charge in [0, 0.05) is 18.0 Å².